The zero-order chi connectivity index (χ0) is 19.5. The van der Waals surface area contributed by atoms with Gasteiger partial charge in [0.25, 0.3) is 0 Å². The first kappa shape index (κ1) is 18.5. The molecule has 1 aliphatic carbocycles. The lowest BCUT2D eigenvalue weighted by atomic mass is 10.1. The van der Waals surface area contributed by atoms with E-state index in [4.69, 9.17) is 9.47 Å². The summed E-state index contributed by atoms with van der Waals surface area (Å²) in [6, 6.07) is 16.9. The monoisotopic (exact) mass is 381 g/mol. The maximum atomic E-state index is 12.8. The number of carbonyl (C=O) groups excluding carboxylic acids is 1. The third-order valence-electron chi connectivity index (χ3n) is 5.36. The van der Waals surface area contributed by atoms with Gasteiger partial charge < -0.3 is 19.5 Å². The van der Waals surface area contributed by atoms with Gasteiger partial charge in [0, 0.05) is 12.5 Å². The highest BCUT2D eigenvalue weighted by molar-refractivity contribution is 5.88. The van der Waals surface area contributed by atoms with Gasteiger partial charge in [-0.1, -0.05) is 42.5 Å². The Bertz CT molecular complexity index is 836. The molecule has 146 valence electrons. The second-order valence-electron chi connectivity index (χ2n) is 7.25. The summed E-state index contributed by atoms with van der Waals surface area (Å²) in [6.45, 7) is 1.30. The van der Waals surface area contributed by atoms with Gasteiger partial charge in [-0.25, -0.2) is 4.79 Å². The normalized spacial score (nSPS) is 23.9. The van der Waals surface area contributed by atoms with Crippen LogP contribution in [0.5, 0.6) is 5.75 Å². The van der Waals surface area contributed by atoms with Crippen molar-refractivity contribution < 1.29 is 24.2 Å². The van der Waals surface area contributed by atoms with E-state index in [1.165, 1.54) is 4.90 Å². The average molecular weight is 381 g/mol. The molecule has 2 aromatic rings. The highest BCUT2D eigenvalue weighted by Gasteiger charge is 2.48. The van der Waals surface area contributed by atoms with Crippen LogP contribution < -0.4 is 4.74 Å². The van der Waals surface area contributed by atoms with Gasteiger partial charge in [-0.3, -0.25) is 4.79 Å². The maximum absolute atomic E-state index is 12.8. The Morgan fingerprint density at radius 1 is 1.11 bits per heavy atom. The van der Waals surface area contributed by atoms with Crippen LogP contribution in [0, 0.1) is 5.92 Å². The van der Waals surface area contributed by atoms with E-state index in [-0.39, 0.29) is 24.3 Å². The first-order chi connectivity index (χ1) is 13.6. The second-order valence-corrected chi connectivity index (χ2v) is 7.25. The molecule has 2 aliphatic rings. The summed E-state index contributed by atoms with van der Waals surface area (Å²) >= 11 is 0. The van der Waals surface area contributed by atoms with Crippen molar-refractivity contribution in [1.29, 1.82) is 0 Å². The second kappa shape index (κ2) is 8.02. The molecule has 4 rings (SSSR count). The van der Waals surface area contributed by atoms with Crippen LogP contribution in [-0.4, -0.2) is 47.7 Å². The number of amides is 1. The van der Waals surface area contributed by atoms with Crippen molar-refractivity contribution in [2.45, 2.75) is 25.0 Å². The van der Waals surface area contributed by atoms with Gasteiger partial charge >= 0.3 is 5.97 Å². The minimum Gasteiger partial charge on any atom is -0.489 e. The largest absolute Gasteiger partial charge is 0.489 e. The summed E-state index contributed by atoms with van der Waals surface area (Å²) in [5.41, 5.74) is 2.20. The summed E-state index contributed by atoms with van der Waals surface area (Å²) in [4.78, 5) is 25.6. The molecule has 6 heteroatoms. The summed E-state index contributed by atoms with van der Waals surface area (Å²) < 4.78 is 11.0. The predicted molar refractivity (Wildman–Crippen MR) is 102 cm³/mol. The van der Waals surface area contributed by atoms with Gasteiger partial charge in [-0.05, 0) is 35.6 Å². The standard InChI is InChI=1S/C22H23NO5/c24-21(23-10-11-27-14-20(23)22(25)26)19-12-18(19)16-6-8-17(9-7-16)28-13-15-4-2-1-3-5-15/h1-9,18-20H,10-14H2,(H,25,26). The van der Waals surface area contributed by atoms with E-state index < -0.39 is 12.0 Å². The third-order valence-corrected chi connectivity index (χ3v) is 5.36. The Labute approximate surface area is 163 Å². The number of rotatable bonds is 6. The molecule has 0 bridgehead atoms. The molecule has 0 radical (unpaired) electrons. The molecule has 0 spiro atoms. The van der Waals surface area contributed by atoms with Crippen molar-refractivity contribution in [2.24, 2.45) is 5.92 Å². The molecular formula is C22H23NO5. The smallest absolute Gasteiger partial charge is 0.328 e. The fraction of sp³-hybridized carbons (Fsp3) is 0.364. The summed E-state index contributed by atoms with van der Waals surface area (Å²) in [5, 5.41) is 9.32. The van der Waals surface area contributed by atoms with Crippen molar-refractivity contribution in [3.63, 3.8) is 0 Å². The van der Waals surface area contributed by atoms with Crippen LogP contribution in [0.2, 0.25) is 0 Å². The fourth-order valence-corrected chi connectivity index (χ4v) is 3.67. The number of ether oxygens (including phenoxy) is 2. The number of benzene rings is 2. The third kappa shape index (κ3) is 4.02. The van der Waals surface area contributed by atoms with Gasteiger partial charge in [0.05, 0.1) is 13.2 Å². The molecule has 2 fully saturated rings. The van der Waals surface area contributed by atoms with Crippen LogP contribution >= 0.6 is 0 Å². The zero-order valence-corrected chi connectivity index (χ0v) is 15.5. The Morgan fingerprint density at radius 3 is 2.57 bits per heavy atom. The van der Waals surface area contributed by atoms with Crippen LogP contribution in [-0.2, 0) is 20.9 Å². The lowest BCUT2D eigenvalue weighted by molar-refractivity contribution is -0.158. The Kier molecular flexibility index (Phi) is 5.30. The molecule has 1 heterocycles. The first-order valence-corrected chi connectivity index (χ1v) is 9.51. The van der Waals surface area contributed by atoms with Crippen molar-refractivity contribution in [3.05, 3.63) is 65.7 Å². The molecule has 3 unspecified atom stereocenters. The number of hydrogen-bond acceptors (Lipinski definition) is 4. The van der Waals surface area contributed by atoms with Crippen molar-refractivity contribution in [3.8, 4) is 5.75 Å². The number of nitrogens with zero attached hydrogens (tertiary/aromatic N) is 1. The average Bonchev–Trinajstić information content (AvgIpc) is 3.54. The SMILES string of the molecule is O=C(O)C1COCCN1C(=O)C1CC1c1ccc(OCc2ccccc2)cc1. The highest BCUT2D eigenvalue weighted by atomic mass is 16.5. The van der Waals surface area contributed by atoms with Crippen LogP contribution in [0.15, 0.2) is 54.6 Å². The number of morpholine rings is 1. The molecule has 28 heavy (non-hydrogen) atoms. The fourth-order valence-electron chi connectivity index (χ4n) is 3.67. The van der Waals surface area contributed by atoms with E-state index in [2.05, 4.69) is 0 Å². The van der Waals surface area contributed by atoms with Crippen molar-refractivity contribution in [2.75, 3.05) is 19.8 Å². The lowest BCUT2D eigenvalue weighted by Gasteiger charge is -2.33. The number of hydrogen-bond donors (Lipinski definition) is 1. The molecule has 2 aromatic carbocycles. The zero-order valence-electron chi connectivity index (χ0n) is 15.5. The van der Waals surface area contributed by atoms with Crippen LogP contribution in [0.25, 0.3) is 0 Å². The number of carboxylic acids is 1. The Hall–Kier alpha value is -2.86. The molecule has 1 aliphatic heterocycles. The Balaban J connectivity index is 1.34. The molecule has 1 amide bonds. The van der Waals surface area contributed by atoms with Crippen molar-refractivity contribution >= 4 is 11.9 Å². The minimum absolute atomic E-state index is 0.0614. The molecule has 3 atom stereocenters. The van der Waals surface area contributed by atoms with Gasteiger partial charge in [0.2, 0.25) is 5.91 Å². The maximum Gasteiger partial charge on any atom is 0.328 e. The Morgan fingerprint density at radius 2 is 1.86 bits per heavy atom. The summed E-state index contributed by atoms with van der Waals surface area (Å²) in [6.07, 6.45) is 0.757. The number of carbonyl (C=O) groups is 2. The van der Waals surface area contributed by atoms with Crippen molar-refractivity contribution in [1.82, 2.24) is 4.90 Å². The molecular weight excluding hydrogens is 358 g/mol. The van der Waals surface area contributed by atoms with E-state index in [9.17, 15) is 14.7 Å². The first-order valence-electron chi connectivity index (χ1n) is 9.51. The lowest BCUT2D eigenvalue weighted by Crippen LogP contribution is -2.53. The van der Waals surface area contributed by atoms with Gasteiger partial charge in [0.1, 0.15) is 12.4 Å². The van der Waals surface area contributed by atoms with Crippen LogP contribution in [0.1, 0.15) is 23.5 Å². The minimum atomic E-state index is -1.01. The van der Waals surface area contributed by atoms with Crippen LogP contribution in [0.3, 0.4) is 0 Å². The van der Waals surface area contributed by atoms with Crippen LogP contribution in [0.4, 0.5) is 0 Å². The molecule has 1 saturated carbocycles. The number of aliphatic carboxylic acids is 1. The number of carboxylic acid groups (broad SMARTS) is 1. The molecule has 0 aromatic heterocycles. The molecule has 1 saturated heterocycles. The molecule has 1 N–H and O–H groups in total. The molecule has 6 nitrogen and oxygen atoms in total. The highest BCUT2D eigenvalue weighted by Crippen LogP contribution is 2.49. The quantitative estimate of drug-likeness (QED) is 0.833. The van der Waals surface area contributed by atoms with E-state index in [1.807, 2.05) is 54.6 Å². The van der Waals surface area contributed by atoms with E-state index in [0.29, 0.717) is 19.8 Å². The van der Waals surface area contributed by atoms with E-state index in [0.717, 1.165) is 23.3 Å². The van der Waals surface area contributed by atoms with Gasteiger partial charge in [0.15, 0.2) is 6.04 Å². The summed E-state index contributed by atoms with van der Waals surface area (Å²) in [7, 11) is 0. The predicted octanol–water partition coefficient (Wildman–Crippen LogP) is 2.68. The summed E-state index contributed by atoms with van der Waals surface area (Å²) in [5.74, 6) is -0.297. The van der Waals surface area contributed by atoms with Gasteiger partial charge in [-0.2, -0.15) is 0 Å². The van der Waals surface area contributed by atoms with Gasteiger partial charge in [-0.15, -0.1) is 0 Å². The topological polar surface area (TPSA) is 76.1 Å². The van der Waals surface area contributed by atoms with E-state index >= 15 is 0 Å². The van der Waals surface area contributed by atoms with E-state index in [1.54, 1.807) is 0 Å².